The summed E-state index contributed by atoms with van der Waals surface area (Å²) in [6.07, 6.45) is 1.56. The largest absolute Gasteiger partial charge is 0.348 e. The van der Waals surface area contributed by atoms with Crippen LogP contribution >= 0.6 is 0 Å². The number of rotatable bonds is 6. The second-order valence-electron chi connectivity index (χ2n) is 8.13. The molecule has 1 heterocycles. The highest BCUT2D eigenvalue weighted by atomic mass is 32.2. The van der Waals surface area contributed by atoms with Gasteiger partial charge in [-0.1, -0.05) is 54.6 Å². The zero-order valence-corrected chi connectivity index (χ0v) is 19.8. The van der Waals surface area contributed by atoms with Crippen molar-refractivity contribution in [3.63, 3.8) is 0 Å². The highest BCUT2D eigenvalue weighted by Gasteiger charge is 2.20. The summed E-state index contributed by atoms with van der Waals surface area (Å²) >= 11 is 0. The zero-order valence-electron chi connectivity index (χ0n) is 19.0. The van der Waals surface area contributed by atoms with Crippen molar-refractivity contribution < 1.29 is 13.2 Å². The third-order valence-corrected chi connectivity index (χ3v) is 7.23. The molecule has 0 saturated heterocycles. The second kappa shape index (κ2) is 9.49. The van der Waals surface area contributed by atoms with E-state index in [1.165, 1.54) is 6.07 Å². The van der Waals surface area contributed by atoms with Crippen molar-refractivity contribution in [2.24, 2.45) is 0 Å². The number of nitrogens with one attached hydrogen (secondary N) is 2. The van der Waals surface area contributed by atoms with Crippen LogP contribution in [0.2, 0.25) is 0 Å². The maximum atomic E-state index is 13.3. The van der Waals surface area contributed by atoms with Gasteiger partial charge in [0.1, 0.15) is 4.90 Å². The van der Waals surface area contributed by atoms with E-state index in [-0.39, 0.29) is 10.8 Å². The SMILES string of the molecule is N#Cc1ccc(CNC(=O)c2cccc3c(NS(=O)(=O)c4cccc5cccnc45)cccc23)cc1. The number of pyridine rings is 1. The fourth-order valence-electron chi connectivity index (χ4n) is 4.06. The number of benzene rings is 4. The Labute approximate surface area is 208 Å². The molecule has 0 unspecified atom stereocenters. The van der Waals surface area contributed by atoms with Crippen LogP contribution in [0, 0.1) is 11.3 Å². The summed E-state index contributed by atoms with van der Waals surface area (Å²) in [5.74, 6) is -0.289. The van der Waals surface area contributed by atoms with Crippen LogP contribution in [0.25, 0.3) is 21.7 Å². The molecule has 1 amide bonds. The van der Waals surface area contributed by atoms with Crippen LogP contribution in [-0.4, -0.2) is 19.3 Å². The van der Waals surface area contributed by atoms with E-state index in [1.54, 1.807) is 79.0 Å². The average Bonchev–Trinajstić information content (AvgIpc) is 2.91. The van der Waals surface area contributed by atoms with E-state index in [1.807, 2.05) is 12.1 Å². The van der Waals surface area contributed by atoms with Crippen LogP contribution < -0.4 is 10.0 Å². The molecule has 4 aromatic carbocycles. The number of nitriles is 1. The van der Waals surface area contributed by atoms with Crippen molar-refractivity contribution in [2.75, 3.05) is 4.72 Å². The number of para-hydroxylation sites is 1. The number of nitrogens with zero attached hydrogens (tertiary/aromatic N) is 2. The molecule has 176 valence electrons. The minimum atomic E-state index is -3.95. The molecule has 0 fully saturated rings. The Morgan fingerprint density at radius 2 is 1.58 bits per heavy atom. The van der Waals surface area contributed by atoms with E-state index < -0.39 is 10.0 Å². The first-order valence-corrected chi connectivity index (χ1v) is 12.6. The van der Waals surface area contributed by atoms with Crippen LogP contribution in [0.1, 0.15) is 21.5 Å². The molecular formula is C28H20N4O3S. The molecular weight excluding hydrogens is 472 g/mol. The lowest BCUT2D eigenvalue weighted by Crippen LogP contribution is -2.23. The third kappa shape index (κ3) is 4.48. The van der Waals surface area contributed by atoms with E-state index in [9.17, 15) is 13.2 Å². The lowest BCUT2D eigenvalue weighted by Gasteiger charge is -2.14. The maximum absolute atomic E-state index is 13.3. The van der Waals surface area contributed by atoms with E-state index in [2.05, 4.69) is 21.1 Å². The van der Waals surface area contributed by atoms with Crippen molar-refractivity contribution in [1.29, 1.82) is 5.26 Å². The molecule has 0 saturated carbocycles. The molecule has 5 rings (SSSR count). The summed E-state index contributed by atoms with van der Waals surface area (Å²) < 4.78 is 29.3. The summed E-state index contributed by atoms with van der Waals surface area (Å²) in [6.45, 7) is 0.293. The van der Waals surface area contributed by atoms with Crippen molar-refractivity contribution in [1.82, 2.24) is 10.3 Å². The number of hydrogen-bond donors (Lipinski definition) is 2. The molecule has 2 N–H and O–H groups in total. The predicted octanol–water partition coefficient (Wildman–Crippen LogP) is 4.99. The van der Waals surface area contributed by atoms with Crippen molar-refractivity contribution >= 4 is 43.3 Å². The molecule has 1 aromatic heterocycles. The Balaban J connectivity index is 1.45. The summed E-state index contributed by atoms with van der Waals surface area (Å²) in [6, 6.07) is 27.9. The Hall–Kier alpha value is -4.74. The minimum absolute atomic E-state index is 0.0777. The van der Waals surface area contributed by atoms with Gasteiger partial charge in [0.25, 0.3) is 15.9 Å². The van der Waals surface area contributed by atoms with Crippen molar-refractivity contribution in [3.8, 4) is 6.07 Å². The maximum Gasteiger partial charge on any atom is 0.264 e. The number of sulfonamides is 1. The smallest absolute Gasteiger partial charge is 0.264 e. The number of carbonyl (C=O) groups is 1. The van der Waals surface area contributed by atoms with Gasteiger partial charge in [0, 0.05) is 29.1 Å². The molecule has 0 atom stereocenters. The van der Waals surface area contributed by atoms with Gasteiger partial charge in [-0.3, -0.25) is 14.5 Å². The summed E-state index contributed by atoms with van der Waals surface area (Å²) in [5.41, 5.74) is 2.58. The Morgan fingerprint density at radius 3 is 2.39 bits per heavy atom. The van der Waals surface area contributed by atoms with Crippen LogP contribution in [0.5, 0.6) is 0 Å². The molecule has 36 heavy (non-hydrogen) atoms. The number of fused-ring (bicyclic) bond motifs is 2. The van der Waals surface area contributed by atoms with Gasteiger partial charge in [0.05, 0.1) is 22.8 Å². The molecule has 7 nitrogen and oxygen atoms in total. The standard InChI is InChI=1S/C28H20N4O3S/c29-17-19-12-14-20(15-13-19)18-31-28(33)24-9-2-8-23-22(24)7-3-10-25(23)32-36(34,35)26-11-1-5-21-6-4-16-30-27(21)26/h1-16,32H,18H2,(H,31,33). The number of amides is 1. The third-order valence-electron chi connectivity index (χ3n) is 5.83. The molecule has 0 aliphatic rings. The van der Waals surface area contributed by atoms with Gasteiger partial charge in [-0.15, -0.1) is 0 Å². The highest BCUT2D eigenvalue weighted by Crippen LogP contribution is 2.29. The monoisotopic (exact) mass is 492 g/mol. The highest BCUT2D eigenvalue weighted by molar-refractivity contribution is 7.93. The Bertz CT molecular complexity index is 1750. The first-order chi connectivity index (χ1) is 17.5. The van der Waals surface area contributed by atoms with E-state index in [0.29, 0.717) is 39.6 Å². The van der Waals surface area contributed by atoms with Crippen LogP contribution in [-0.2, 0) is 16.6 Å². The molecule has 8 heteroatoms. The van der Waals surface area contributed by atoms with E-state index >= 15 is 0 Å². The molecule has 0 aliphatic carbocycles. The van der Waals surface area contributed by atoms with Crippen LogP contribution in [0.15, 0.2) is 102 Å². The molecule has 0 radical (unpaired) electrons. The minimum Gasteiger partial charge on any atom is -0.348 e. The first kappa shape index (κ1) is 23.0. The molecule has 0 bridgehead atoms. The number of hydrogen-bond acceptors (Lipinski definition) is 5. The van der Waals surface area contributed by atoms with Crippen molar-refractivity contribution in [3.05, 3.63) is 114 Å². The second-order valence-corrected chi connectivity index (χ2v) is 9.79. The fourth-order valence-corrected chi connectivity index (χ4v) is 5.32. The average molecular weight is 493 g/mol. The predicted molar refractivity (Wildman–Crippen MR) is 139 cm³/mol. The molecule has 5 aromatic rings. The van der Waals surface area contributed by atoms with Gasteiger partial charge in [0.15, 0.2) is 0 Å². The lowest BCUT2D eigenvalue weighted by molar-refractivity contribution is 0.0952. The zero-order chi connectivity index (χ0) is 25.1. The topological polar surface area (TPSA) is 112 Å². The number of anilines is 1. The molecule has 0 spiro atoms. The van der Waals surface area contributed by atoms with E-state index in [0.717, 1.165) is 10.9 Å². The van der Waals surface area contributed by atoms with Gasteiger partial charge >= 0.3 is 0 Å². The van der Waals surface area contributed by atoms with Crippen LogP contribution in [0.3, 0.4) is 0 Å². The normalized spacial score (nSPS) is 11.2. The number of aromatic nitrogens is 1. The Kier molecular flexibility index (Phi) is 6.07. The van der Waals surface area contributed by atoms with Gasteiger partial charge in [-0.05, 0) is 47.3 Å². The van der Waals surface area contributed by atoms with Gasteiger partial charge in [0.2, 0.25) is 0 Å². The summed E-state index contributed by atoms with van der Waals surface area (Å²) in [5, 5.41) is 13.8. The number of carbonyl (C=O) groups excluding carboxylic acids is 1. The van der Waals surface area contributed by atoms with Crippen molar-refractivity contribution in [2.45, 2.75) is 11.4 Å². The van der Waals surface area contributed by atoms with Gasteiger partial charge in [-0.25, -0.2) is 8.42 Å². The van der Waals surface area contributed by atoms with E-state index in [4.69, 9.17) is 5.26 Å². The van der Waals surface area contributed by atoms with Gasteiger partial charge in [-0.2, -0.15) is 5.26 Å². The lowest BCUT2D eigenvalue weighted by atomic mass is 10.0. The molecule has 0 aliphatic heterocycles. The summed E-state index contributed by atoms with van der Waals surface area (Å²) in [4.78, 5) is 17.3. The quantitative estimate of drug-likeness (QED) is 0.347. The Morgan fingerprint density at radius 1 is 0.861 bits per heavy atom. The fraction of sp³-hybridized carbons (Fsp3) is 0.0357. The van der Waals surface area contributed by atoms with Crippen LogP contribution in [0.4, 0.5) is 5.69 Å². The summed E-state index contributed by atoms with van der Waals surface area (Å²) in [7, 11) is -3.95. The first-order valence-electron chi connectivity index (χ1n) is 11.1. The van der Waals surface area contributed by atoms with Gasteiger partial charge < -0.3 is 5.32 Å².